The first kappa shape index (κ1) is 29.8. The molecule has 8 nitrogen and oxygen atoms in total. The number of ketones is 2. The van der Waals surface area contributed by atoms with Crippen molar-refractivity contribution in [2.45, 2.75) is 38.5 Å². The van der Waals surface area contributed by atoms with Crippen LogP contribution in [0.15, 0.2) is 82.1 Å². The molecule has 0 fully saturated rings. The van der Waals surface area contributed by atoms with Crippen LogP contribution in [0.25, 0.3) is 11.1 Å². The highest BCUT2D eigenvalue weighted by molar-refractivity contribution is 7.95. The van der Waals surface area contributed by atoms with Crippen LogP contribution in [0.4, 0.5) is 0 Å². The minimum atomic E-state index is -4.26. The third-order valence-corrected chi connectivity index (χ3v) is 10.1. The zero-order valence-electron chi connectivity index (χ0n) is 24.4. The second kappa shape index (κ2) is 10.9. The van der Waals surface area contributed by atoms with Crippen LogP contribution in [-0.4, -0.2) is 46.1 Å². The molecular formula is C34H30O8S. The molecule has 43 heavy (non-hydrogen) atoms. The smallest absolute Gasteiger partial charge is 0.323 e. The quantitative estimate of drug-likeness (QED) is 0.198. The van der Waals surface area contributed by atoms with Crippen LogP contribution < -0.4 is 0 Å². The van der Waals surface area contributed by atoms with Gasteiger partial charge >= 0.3 is 11.9 Å². The summed E-state index contributed by atoms with van der Waals surface area (Å²) in [5.41, 5.74) is 2.86. The molecule has 0 atom stereocenters. The van der Waals surface area contributed by atoms with Gasteiger partial charge in [-0.2, -0.15) is 0 Å². The fraction of sp³-hybridized carbons (Fsp3) is 0.235. The average Bonchev–Trinajstić information content (AvgIpc) is 3.32. The molecule has 0 amide bonds. The van der Waals surface area contributed by atoms with Crippen molar-refractivity contribution in [3.8, 4) is 0 Å². The molecule has 0 saturated carbocycles. The van der Waals surface area contributed by atoms with E-state index >= 15 is 0 Å². The number of benzene rings is 3. The molecule has 0 saturated heterocycles. The van der Waals surface area contributed by atoms with E-state index in [-0.39, 0.29) is 27.8 Å². The predicted octanol–water partition coefficient (Wildman–Crippen LogP) is 5.53. The Balaban J connectivity index is 1.93. The van der Waals surface area contributed by atoms with Gasteiger partial charge in [-0.1, -0.05) is 54.1 Å². The number of sulfone groups is 1. The van der Waals surface area contributed by atoms with Crippen molar-refractivity contribution >= 4 is 44.5 Å². The Morgan fingerprint density at radius 2 is 1.26 bits per heavy atom. The molecule has 0 aromatic heterocycles. The van der Waals surface area contributed by atoms with Gasteiger partial charge in [0, 0.05) is 29.5 Å². The Labute approximate surface area is 249 Å². The van der Waals surface area contributed by atoms with E-state index in [9.17, 15) is 27.6 Å². The molecule has 9 heteroatoms. The number of hydrogen-bond donors (Lipinski definition) is 0. The van der Waals surface area contributed by atoms with Gasteiger partial charge in [0.25, 0.3) is 0 Å². The van der Waals surface area contributed by atoms with Crippen molar-refractivity contribution < 1.29 is 37.1 Å². The largest absolute Gasteiger partial charge is 0.468 e. The number of methoxy groups -OCH3 is 2. The maximum atomic E-state index is 14.4. The molecule has 0 heterocycles. The van der Waals surface area contributed by atoms with Gasteiger partial charge < -0.3 is 9.47 Å². The Morgan fingerprint density at radius 1 is 0.698 bits per heavy atom. The van der Waals surface area contributed by atoms with Crippen molar-refractivity contribution in [2.75, 3.05) is 14.2 Å². The Hall–Kier alpha value is -4.63. The molecule has 0 unspecified atom stereocenters. The number of rotatable bonds is 7. The summed E-state index contributed by atoms with van der Waals surface area (Å²) in [6.07, 6.45) is -0.686. The molecular weight excluding hydrogens is 568 g/mol. The van der Waals surface area contributed by atoms with Gasteiger partial charge in [0.2, 0.25) is 9.84 Å². The minimum absolute atomic E-state index is 0.00616. The second-order valence-electron chi connectivity index (χ2n) is 10.8. The fourth-order valence-corrected chi connectivity index (χ4v) is 7.63. The Bertz CT molecular complexity index is 1860. The summed E-state index contributed by atoms with van der Waals surface area (Å²) >= 11 is 0. The highest BCUT2D eigenvalue weighted by atomic mass is 32.2. The van der Waals surface area contributed by atoms with Crippen molar-refractivity contribution in [3.05, 3.63) is 111 Å². The van der Waals surface area contributed by atoms with Crippen molar-refractivity contribution in [1.82, 2.24) is 0 Å². The zero-order chi connectivity index (χ0) is 31.3. The molecule has 0 N–H and O–H groups in total. The maximum Gasteiger partial charge on any atom is 0.323 e. The first-order valence-corrected chi connectivity index (χ1v) is 15.1. The molecule has 3 aromatic rings. The van der Waals surface area contributed by atoms with E-state index in [0.717, 1.165) is 19.8 Å². The van der Waals surface area contributed by atoms with Gasteiger partial charge in [-0.3, -0.25) is 19.2 Å². The highest BCUT2D eigenvalue weighted by Crippen LogP contribution is 2.57. The summed E-state index contributed by atoms with van der Waals surface area (Å²) in [6, 6.07) is 18.1. The third kappa shape index (κ3) is 4.83. The summed E-state index contributed by atoms with van der Waals surface area (Å²) in [6.45, 7) is 4.72. The second-order valence-corrected chi connectivity index (χ2v) is 12.8. The molecule has 0 bridgehead atoms. The maximum absolute atomic E-state index is 14.4. The lowest BCUT2D eigenvalue weighted by molar-refractivity contribution is -0.169. The summed E-state index contributed by atoms with van der Waals surface area (Å²) in [5.74, 6) is -2.16. The van der Waals surface area contributed by atoms with Gasteiger partial charge in [0.1, 0.15) is 0 Å². The van der Waals surface area contributed by atoms with E-state index in [2.05, 4.69) is 0 Å². The number of carbonyl (C=O) groups is 4. The summed E-state index contributed by atoms with van der Waals surface area (Å²) < 4.78 is 39.0. The van der Waals surface area contributed by atoms with Crippen molar-refractivity contribution in [3.63, 3.8) is 0 Å². The topological polar surface area (TPSA) is 121 Å². The van der Waals surface area contributed by atoms with Crippen molar-refractivity contribution in [1.29, 1.82) is 0 Å². The van der Waals surface area contributed by atoms with Gasteiger partial charge in [-0.05, 0) is 66.8 Å². The lowest BCUT2D eigenvalue weighted by atomic mass is 9.71. The number of esters is 2. The monoisotopic (exact) mass is 598 g/mol. The lowest BCUT2D eigenvalue weighted by Gasteiger charge is -2.35. The van der Waals surface area contributed by atoms with Crippen LogP contribution in [0.2, 0.25) is 0 Å². The van der Waals surface area contributed by atoms with Crippen LogP contribution in [0.3, 0.4) is 0 Å². The Kier molecular flexibility index (Phi) is 7.56. The number of Topliss-reactive ketones (excluding diaryl/α,β-unsaturated/α-hetero) is 2. The number of carbonyl (C=O) groups excluding carboxylic acids is 4. The van der Waals surface area contributed by atoms with Gasteiger partial charge in [-0.15, -0.1) is 0 Å². The standard InChI is InChI=1S/C34H30O8S/c1-19-6-13-25(14-7-19)43(39,40)29-18-34(32(37)41-4,33(38)42-5)17-28-30(23-10-8-22(9-11-23)20(2)35)27-16-24(21(3)36)12-15-26(27)31(28)29/h6-16H,17-18H2,1-5H3. The molecule has 2 aliphatic carbocycles. The van der Waals surface area contributed by atoms with E-state index in [1.165, 1.54) is 26.0 Å². The highest BCUT2D eigenvalue weighted by Gasteiger charge is 2.56. The first-order chi connectivity index (χ1) is 20.3. The van der Waals surface area contributed by atoms with Crippen molar-refractivity contribution in [2.24, 2.45) is 5.41 Å². The van der Waals surface area contributed by atoms with Crippen LogP contribution >= 0.6 is 0 Å². The van der Waals surface area contributed by atoms with E-state index in [4.69, 9.17) is 9.47 Å². The Morgan fingerprint density at radius 3 is 1.79 bits per heavy atom. The molecule has 0 spiro atoms. The zero-order valence-corrected chi connectivity index (χ0v) is 25.3. The minimum Gasteiger partial charge on any atom is -0.468 e. The number of aryl methyl sites for hydroxylation is 1. The van der Waals surface area contributed by atoms with Gasteiger partial charge in [0.05, 0.1) is 24.0 Å². The fourth-order valence-electron chi connectivity index (χ4n) is 5.91. The molecule has 220 valence electrons. The van der Waals surface area contributed by atoms with Crippen LogP contribution in [0.5, 0.6) is 0 Å². The van der Waals surface area contributed by atoms with Crippen LogP contribution in [0, 0.1) is 12.3 Å². The molecule has 0 aliphatic heterocycles. The van der Waals surface area contributed by atoms with Crippen LogP contribution in [0.1, 0.15) is 69.7 Å². The summed E-state index contributed by atoms with van der Waals surface area (Å²) in [4.78, 5) is 51.3. The lowest BCUT2D eigenvalue weighted by Crippen LogP contribution is -2.44. The van der Waals surface area contributed by atoms with E-state index < -0.39 is 33.6 Å². The predicted molar refractivity (Wildman–Crippen MR) is 160 cm³/mol. The molecule has 2 aliphatic rings. The third-order valence-electron chi connectivity index (χ3n) is 8.18. The van der Waals surface area contributed by atoms with Crippen LogP contribution in [-0.2, 0) is 28.9 Å². The average molecular weight is 599 g/mol. The normalized spacial score (nSPS) is 15.5. The molecule has 3 aromatic carbocycles. The van der Waals surface area contributed by atoms with Gasteiger partial charge in [0.15, 0.2) is 17.0 Å². The summed E-state index contributed by atoms with van der Waals surface area (Å²) in [5, 5.41) is 0. The number of allylic oxidation sites excluding steroid dienone is 3. The van der Waals surface area contributed by atoms with E-state index in [0.29, 0.717) is 44.5 Å². The number of fused-ring (bicyclic) bond motifs is 3. The van der Waals surface area contributed by atoms with Gasteiger partial charge in [-0.25, -0.2) is 8.42 Å². The van der Waals surface area contributed by atoms with E-state index in [1.54, 1.807) is 54.6 Å². The van der Waals surface area contributed by atoms with E-state index in [1.807, 2.05) is 6.92 Å². The SMILES string of the molecule is COC(=O)C1(C(=O)OC)CC2=C(c3ccc(C(C)=O)cc3)c3cc(C(C)=O)ccc3C2=C(S(=O)(=O)c2ccc(C)cc2)C1. The molecule has 5 rings (SSSR count). The summed E-state index contributed by atoms with van der Waals surface area (Å²) in [7, 11) is -1.99. The molecule has 0 radical (unpaired) electrons. The number of ether oxygens (including phenoxy) is 2. The number of hydrogen-bond acceptors (Lipinski definition) is 8. The first-order valence-electron chi connectivity index (χ1n) is 13.6.